The summed E-state index contributed by atoms with van der Waals surface area (Å²) >= 11 is 0. The van der Waals surface area contributed by atoms with E-state index in [-0.39, 0.29) is 0 Å². The number of benzene rings is 2. The van der Waals surface area contributed by atoms with E-state index in [1.54, 1.807) is 0 Å². The molecule has 2 aliphatic heterocycles. The summed E-state index contributed by atoms with van der Waals surface area (Å²) < 4.78 is 0. The Bertz CT molecular complexity index is 662. The molecule has 2 heteroatoms. The molecule has 0 saturated carbocycles. The van der Waals surface area contributed by atoms with Crippen LogP contribution in [-0.4, -0.2) is 31.1 Å². The van der Waals surface area contributed by atoms with E-state index in [9.17, 15) is 0 Å². The third kappa shape index (κ3) is 2.88. The fourth-order valence-electron chi connectivity index (χ4n) is 4.12. The molecule has 0 aromatic heterocycles. The van der Waals surface area contributed by atoms with Crippen LogP contribution < -0.4 is 4.90 Å². The molecule has 0 radical (unpaired) electrons. The zero-order chi connectivity index (χ0) is 15.6. The van der Waals surface area contributed by atoms with Crippen LogP contribution in [0.15, 0.2) is 48.5 Å². The third-order valence-corrected chi connectivity index (χ3v) is 5.51. The first-order valence-electron chi connectivity index (χ1n) is 9.03. The number of nitrogens with zero attached hydrogens (tertiary/aromatic N) is 2. The number of hydrogen-bond acceptors (Lipinski definition) is 2. The zero-order valence-corrected chi connectivity index (χ0v) is 14.0. The number of likely N-dealkylation sites (N-methyl/N-ethyl adjacent to an activating group) is 1. The molecule has 23 heavy (non-hydrogen) atoms. The number of hydrogen-bond donors (Lipinski definition) is 0. The Balaban J connectivity index is 1.55. The Labute approximate surface area is 139 Å². The monoisotopic (exact) mass is 306 g/mol. The Morgan fingerprint density at radius 3 is 2.61 bits per heavy atom. The maximum absolute atomic E-state index is 2.56. The number of aryl methyl sites for hydroxylation is 1. The van der Waals surface area contributed by atoms with Gasteiger partial charge in [0.2, 0.25) is 0 Å². The van der Waals surface area contributed by atoms with Crippen molar-refractivity contribution >= 4 is 11.4 Å². The maximum atomic E-state index is 2.56. The first-order valence-corrected chi connectivity index (χ1v) is 9.03. The molecule has 4 rings (SSSR count). The standard InChI is InChI=1S/C21H26N2/c1-2-22-15-13-19(16-22)17-9-11-20(12-10-17)23-14-5-7-18-6-3-4-8-21(18)23/h3-4,6,8-12,19H,2,5,7,13-16H2,1H3. The molecule has 120 valence electrons. The van der Waals surface area contributed by atoms with Crippen LogP contribution in [0.3, 0.4) is 0 Å². The van der Waals surface area contributed by atoms with E-state index in [0.29, 0.717) is 0 Å². The number of fused-ring (bicyclic) bond motifs is 1. The highest BCUT2D eigenvalue weighted by Crippen LogP contribution is 2.34. The van der Waals surface area contributed by atoms with Crippen molar-refractivity contribution in [1.29, 1.82) is 0 Å². The van der Waals surface area contributed by atoms with Crippen molar-refractivity contribution in [1.82, 2.24) is 4.90 Å². The lowest BCUT2D eigenvalue weighted by Gasteiger charge is -2.31. The molecule has 1 atom stereocenters. The Morgan fingerprint density at radius 1 is 1.00 bits per heavy atom. The molecular weight excluding hydrogens is 280 g/mol. The first kappa shape index (κ1) is 14.8. The predicted molar refractivity (Wildman–Crippen MR) is 97.7 cm³/mol. The van der Waals surface area contributed by atoms with E-state index >= 15 is 0 Å². The average molecular weight is 306 g/mol. The number of rotatable bonds is 3. The van der Waals surface area contributed by atoms with Gasteiger partial charge >= 0.3 is 0 Å². The maximum Gasteiger partial charge on any atom is 0.0443 e. The molecule has 0 spiro atoms. The van der Waals surface area contributed by atoms with Gasteiger partial charge in [0.15, 0.2) is 0 Å². The summed E-state index contributed by atoms with van der Waals surface area (Å²) in [7, 11) is 0. The number of likely N-dealkylation sites (tertiary alicyclic amines) is 1. The summed E-state index contributed by atoms with van der Waals surface area (Å²) in [5.41, 5.74) is 5.72. The Morgan fingerprint density at radius 2 is 1.83 bits per heavy atom. The minimum atomic E-state index is 0.720. The van der Waals surface area contributed by atoms with Crippen molar-refractivity contribution < 1.29 is 0 Å². The van der Waals surface area contributed by atoms with Crippen LogP contribution in [0, 0.1) is 0 Å². The molecule has 1 saturated heterocycles. The van der Waals surface area contributed by atoms with Gasteiger partial charge in [0.25, 0.3) is 0 Å². The van der Waals surface area contributed by atoms with Crippen LogP contribution in [0.2, 0.25) is 0 Å². The molecule has 0 aliphatic carbocycles. The van der Waals surface area contributed by atoms with E-state index < -0.39 is 0 Å². The lowest BCUT2D eigenvalue weighted by atomic mass is 9.97. The molecular formula is C21H26N2. The molecule has 2 heterocycles. The summed E-state index contributed by atoms with van der Waals surface area (Å²) in [5, 5.41) is 0. The summed E-state index contributed by atoms with van der Waals surface area (Å²) in [6.07, 6.45) is 3.76. The quantitative estimate of drug-likeness (QED) is 0.819. The van der Waals surface area contributed by atoms with Gasteiger partial charge < -0.3 is 9.80 Å². The second-order valence-electron chi connectivity index (χ2n) is 6.85. The number of anilines is 2. The van der Waals surface area contributed by atoms with Gasteiger partial charge in [-0.25, -0.2) is 0 Å². The molecule has 2 aromatic rings. The van der Waals surface area contributed by atoms with Crippen molar-refractivity contribution in [3.8, 4) is 0 Å². The van der Waals surface area contributed by atoms with E-state index in [0.717, 1.165) is 12.5 Å². The van der Waals surface area contributed by atoms with Crippen molar-refractivity contribution in [3.63, 3.8) is 0 Å². The summed E-state index contributed by atoms with van der Waals surface area (Å²) in [4.78, 5) is 5.04. The van der Waals surface area contributed by atoms with Gasteiger partial charge in [0.05, 0.1) is 0 Å². The summed E-state index contributed by atoms with van der Waals surface area (Å²) in [5.74, 6) is 0.720. The highest BCUT2D eigenvalue weighted by Gasteiger charge is 2.23. The molecule has 2 aliphatic rings. The van der Waals surface area contributed by atoms with Gasteiger partial charge in [-0.05, 0) is 67.6 Å². The predicted octanol–water partition coefficient (Wildman–Crippen LogP) is 4.58. The minimum Gasteiger partial charge on any atom is -0.341 e. The average Bonchev–Trinajstić information content (AvgIpc) is 3.11. The van der Waals surface area contributed by atoms with Crippen molar-refractivity contribution in [2.75, 3.05) is 31.1 Å². The second-order valence-corrected chi connectivity index (χ2v) is 6.85. The van der Waals surface area contributed by atoms with Gasteiger partial charge in [0.1, 0.15) is 0 Å². The molecule has 2 aromatic carbocycles. The van der Waals surface area contributed by atoms with Gasteiger partial charge in [-0.2, -0.15) is 0 Å². The fraction of sp³-hybridized carbons (Fsp3) is 0.429. The van der Waals surface area contributed by atoms with Crippen LogP contribution in [0.1, 0.15) is 36.8 Å². The van der Waals surface area contributed by atoms with E-state index in [1.807, 2.05) is 0 Å². The molecule has 0 bridgehead atoms. The van der Waals surface area contributed by atoms with E-state index in [4.69, 9.17) is 0 Å². The van der Waals surface area contributed by atoms with Gasteiger partial charge in [0, 0.05) is 24.5 Å². The Kier molecular flexibility index (Phi) is 4.09. The second kappa shape index (κ2) is 6.37. The summed E-state index contributed by atoms with van der Waals surface area (Å²) in [6, 6.07) is 18.2. The third-order valence-electron chi connectivity index (χ3n) is 5.51. The lowest BCUT2D eigenvalue weighted by molar-refractivity contribution is 0.354. The highest BCUT2D eigenvalue weighted by atomic mass is 15.1. The Hall–Kier alpha value is -1.80. The van der Waals surface area contributed by atoms with Crippen LogP contribution in [-0.2, 0) is 6.42 Å². The molecule has 2 nitrogen and oxygen atoms in total. The van der Waals surface area contributed by atoms with Crippen LogP contribution in [0.5, 0.6) is 0 Å². The molecule has 0 N–H and O–H groups in total. The van der Waals surface area contributed by atoms with Crippen molar-refractivity contribution in [3.05, 3.63) is 59.7 Å². The molecule has 1 fully saturated rings. The smallest absolute Gasteiger partial charge is 0.0443 e. The summed E-state index contributed by atoms with van der Waals surface area (Å²) in [6.45, 7) is 7.05. The topological polar surface area (TPSA) is 6.48 Å². The van der Waals surface area contributed by atoms with Gasteiger partial charge in [-0.3, -0.25) is 0 Å². The van der Waals surface area contributed by atoms with Gasteiger partial charge in [-0.15, -0.1) is 0 Å². The van der Waals surface area contributed by atoms with Crippen LogP contribution in [0.4, 0.5) is 11.4 Å². The van der Waals surface area contributed by atoms with E-state index in [2.05, 4.69) is 65.3 Å². The minimum absolute atomic E-state index is 0.720. The van der Waals surface area contributed by atoms with E-state index in [1.165, 1.54) is 61.4 Å². The SMILES string of the molecule is CCN1CCC(c2ccc(N3CCCc4ccccc43)cc2)C1. The molecule has 0 amide bonds. The van der Waals surface area contributed by atoms with Crippen molar-refractivity contribution in [2.45, 2.75) is 32.1 Å². The van der Waals surface area contributed by atoms with Crippen LogP contribution in [0.25, 0.3) is 0 Å². The first-order chi connectivity index (χ1) is 11.3. The molecule has 1 unspecified atom stereocenters. The normalized spacial score (nSPS) is 21.4. The van der Waals surface area contributed by atoms with Crippen LogP contribution >= 0.6 is 0 Å². The lowest BCUT2D eigenvalue weighted by Crippen LogP contribution is -2.24. The fourth-order valence-corrected chi connectivity index (χ4v) is 4.12. The number of para-hydroxylation sites is 1. The van der Waals surface area contributed by atoms with Gasteiger partial charge in [-0.1, -0.05) is 37.3 Å². The highest BCUT2D eigenvalue weighted by molar-refractivity contribution is 5.68. The largest absolute Gasteiger partial charge is 0.341 e. The zero-order valence-electron chi connectivity index (χ0n) is 14.0. The van der Waals surface area contributed by atoms with Crippen molar-refractivity contribution in [2.24, 2.45) is 0 Å².